The van der Waals surface area contributed by atoms with Crippen molar-refractivity contribution < 1.29 is 33.6 Å². The van der Waals surface area contributed by atoms with E-state index in [2.05, 4.69) is 10.3 Å². The Morgan fingerprint density at radius 3 is 2.35 bits per heavy atom. The number of carbonyl (C=O) groups is 2. The van der Waals surface area contributed by atoms with Crippen LogP contribution in [0, 0.1) is 17.3 Å². The topological polar surface area (TPSA) is 119 Å². The van der Waals surface area contributed by atoms with Crippen molar-refractivity contribution in [2.75, 3.05) is 31.4 Å². The molecule has 6 atom stereocenters. The third kappa shape index (κ3) is 3.48. The van der Waals surface area contributed by atoms with Gasteiger partial charge in [-0.2, -0.15) is 0 Å². The van der Waals surface area contributed by atoms with Crippen molar-refractivity contribution in [1.82, 2.24) is 0 Å². The SMILES string of the molecule is CCOc1cc(OCC)c(N2CC3(N=N2)C(=O)OC2C3CC[C@H](C)[C@]3(O)C=CC(=O)[C@@]23C)c(OCC)c1. The molecule has 0 amide bonds. The largest absolute Gasteiger partial charge is 0.494 e. The number of aliphatic hydroxyl groups is 1. The van der Waals surface area contributed by atoms with Gasteiger partial charge in [0.1, 0.15) is 23.1 Å². The van der Waals surface area contributed by atoms with Crippen molar-refractivity contribution >= 4 is 17.4 Å². The van der Waals surface area contributed by atoms with Crippen LogP contribution >= 0.6 is 0 Å². The molecule has 1 N–H and O–H groups in total. The summed E-state index contributed by atoms with van der Waals surface area (Å²) in [5.74, 6) is 0.196. The van der Waals surface area contributed by atoms with E-state index < -0.39 is 34.5 Å². The lowest BCUT2D eigenvalue weighted by Crippen LogP contribution is -2.57. The average molecular weight is 514 g/mol. The highest BCUT2D eigenvalue weighted by Crippen LogP contribution is 2.59. The second-order valence-corrected chi connectivity index (χ2v) is 10.4. The highest BCUT2D eigenvalue weighted by atomic mass is 16.6. The van der Waals surface area contributed by atoms with E-state index in [0.717, 1.165) is 0 Å². The molecule has 1 saturated heterocycles. The van der Waals surface area contributed by atoms with Crippen LogP contribution in [0.5, 0.6) is 17.2 Å². The van der Waals surface area contributed by atoms with E-state index >= 15 is 0 Å². The average Bonchev–Trinajstić information content (AvgIpc) is 3.47. The molecule has 10 nitrogen and oxygen atoms in total. The van der Waals surface area contributed by atoms with E-state index in [1.165, 1.54) is 6.08 Å². The molecule has 1 saturated carbocycles. The van der Waals surface area contributed by atoms with Gasteiger partial charge in [0.05, 0.1) is 31.8 Å². The summed E-state index contributed by atoms with van der Waals surface area (Å²) in [4.78, 5) is 26.7. The summed E-state index contributed by atoms with van der Waals surface area (Å²) in [5.41, 5.74) is -3.45. The first-order valence-corrected chi connectivity index (χ1v) is 13.1. The molecule has 2 aliphatic carbocycles. The molecule has 2 aliphatic heterocycles. The number of hydrogen-bond donors (Lipinski definition) is 1. The Labute approximate surface area is 216 Å². The van der Waals surface area contributed by atoms with Crippen LogP contribution in [0.4, 0.5) is 5.69 Å². The van der Waals surface area contributed by atoms with Crippen molar-refractivity contribution in [2.24, 2.45) is 27.6 Å². The Hall–Kier alpha value is -3.14. The summed E-state index contributed by atoms with van der Waals surface area (Å²) in [6.45, 7) is 10.7. The standard InChI is InChI=1S/C27H35N3O7/c1-6-34-17-13-19(35-7-2)22(20(14-17)36-8-3)30-15-26(28-29-30)18-10-9-16(4)27(33)12-11-21(31)25(27,5)23(18)37-24(26)32/h11-14,16,18,23,33H,6-10,15H2,1-5H3/t16-,18?,23?,25-,26?,27+/m0/s1. The van der Waals surface area contributed by atoms with E-state index in [0.29, 0.717) is 55.6 Å². The van der Waals surface area contributed by atoms with Crippen molar-refractivity contribution in [3.05, 3.63) is 24.3 Å². The number of esters is 1. The van der Waals surface area contributed by atoms with Gasteiger partial charge in [0, 0.05) is 18.1 Å². The Kier molecular flexibility index (Phi) is 6.21. The number of nitrogens with zero attached hydrogens (tertiary/aromatic N) is 3. The van der Waals surface area contributed by atoms with Gasteiger partial charge in [0.2, 0.25) is 5.54 Å². The first-order valence-electron chi connectivity index (χ1n) is 13.1. The van der Waals surface area contributed by atoms with Crippen molar-refractivity contribution in [1.29, 1.82) is 0 Å². The van der Waals surface area contributed by atoms with Crippen molar-refractivity contribution in [2.45, 2.75) is 64.7 Å². The lowest BCUT2D eigenvalue weighted by molar-refractivity contribution is -0.166. The van der Waals surface area contributed by atoms with Gasteiger partial charge < -0.3 is 24.1 Å². The van der Waals surface area contributed by atoms with Gasteiger partial charge in [-0.1, -0.05) is 12.1 Å². The Bertz CT molecular complexity index is 1140. The predicted octanol–water partition coefficient (Wildman–Crippen LogP) is 3.66. The fourth-order valence-corrected chi connectivity index (χ4v) is 6.49. The molecule has 37 heavy (non-hydrogen) atoms. The molecule has 0 bridgehead atoms. The number of ether oxygens (including phenoxy) is 4. The summed E-state index contributed by atoms with van der Waals surface area (Å²) >= 11 is 0. The Morgan fingerprint density at radius 2 is 1.73 bits per heavy atom. The van der Waals surface area contributed by atoms with Crippen molar-refractivity contribution in [3.8, 4) is 17.2 Å². The van der Waals surface area contributed by atoms with Crippen molar-refractivity contribution in [3.63, 3.8) is 0 Å². The molecule has 10 heteroatoms. The molecular weight excluding hydrogens is 478 g/mol. The number of fused-ring (bicyclic) bond motifs is 4. The zero-order chi connectivity index (χ0) is 26.6. The maximum absolute atomic E-state index is 13.5. The minimum atomic E-state index is -1.40. The maximum Gasteiger partial charge on any atom is 0.338 e. The number of anilines is 1. The predicted molar refractivity (Wildman–Crippen MR) is 134 cm³/mol. The minimum Gasteiger partial charge on any atom is -0.494 e. The van der Waals surface area contributed by atoms with Gasteiger partial charge in [-0.05, 0) is 58.6 Å². The monoisotopic (exact) mass is 513 g/mol. The summed E-state index contributed by atoms with van der Waals surface area (Å²) in [6, 6.07) is 3.55. The lowest BCUT2D eigenvalue weighted by Gasteiger charge is -2.43. The number of rotatable bonds is 7. The molecule has 4 aliphatic rings. The molecular formula is C27H35N3O7. The van der Waals surface area contributed by atoms with Crippen LogP contribution in [0.15, 0.2) is 34.6 Å². The highest BCUT2D eigenvalue weighted by Gasteiger charge is 2.73. The van der Waals surface area contributed by atoms with E-state index in [1.54, 1.807) is 30.1 Å². The summed E-state index contributed by atoms with van der Waals surface area (Å²) in [7, 11) is 0. The number of benzene rings is 1. The zero-order valence-corrected chi connectivity index (χ0v) is 22.0. The second-order valence-electron chi connectivity index (χ2n) is 10.4. The fraction of sp³-hybridized carbons (Fsp3) is 0.630. The summed E-state index contributed by atoms with van der Waals surface area (Å²) in [5, 5.41) is 22.2. The third-order valence-electron chi connectivity index (χ3n) is 8.53. The quantitative estimate of drug-likeness (QED) is 0.549. The van der Waals surface area contributed by atoms with Crippen LogP contribution in [0.3, 0.4) is 0 Å². The Balaban J connectivity index is 1.54. The molecule has 1 aromatic carbocycles. The smallest absolute Gasteiger partial charge is 0.338 e. The molecule has 2 heterocycles. The molecule has 3 unspecified atom stereocenters. The first kappa shape index (κ1) is 25.5. The van der Waals surface area contributed by atoms with Gasteiger partial charge in [0.25, 0.3) is 0 Å². The summed E-state index contributed by atoms with van der Waals surface area (Å²) in [6.07, 6.45) is 3.34. The van der Waals surface area contributed by atoms with E-state index in [4.69, 9.17) is 18.9 Å². The van der Waals surface area contributed by atoms with E-state index in [9.17, 15) is 14.7 Å². The van der Waals surface area contributed by atoms with Crippen LogP contribution in [-0.4, -0.2) is 60.5 Å². The molecule has 0 aromatic heterocycles. The maximum atomic E-state index is 13.5. The van der Waals surface area contributed by atoms with Crippen LogP contribution in [0.2, 0.25) is 0 Å². The Morgan fingerprint density at radius 1 is 1.08 bits per heavy atom. The second kappa shape index (κ2) is 9.01. The normalized spacial score (nSPS) is 35.9. The van der Waals surface area contributed by atoms with Gasteiger partial charge >= 0.3 is 5.97 Å². The number of carbonyl (C=O) groups excluding carboxylic acids is 2. The minimum absolute atomic E-state index is 0.103. The number of allylic oxidation sites excluding steroid dienone is 1. The number of ketones is 1. The molecule has 2 fully saturated rings. The van der Waals surface area contributed by atoms with Gasteiger partial charge in [-0.25, -0.2) is 9.80 Å². The van der Waals surface area contributed by atoms with Crippen LogP contribution in [-0.2, 0) is 14.3 Å². The van der Waals surface area contributed by atoms with Crippen LogP contribution in [0.1, 0.15) is 47.5 Å². The van der Waals surface area contributed by atoms with Gasteiger partial charge in [0.15, 0.2) is 17.3 Å². The van der Waals surface area contributed by atoms with Crippen LogP contribution in [0.25, 0.3) is 0 Å². The molecule has 1 spiro atoms. The molecule has 5 rings (SSSR count). The molecule has 1 aromatic rings. The number of hydrogen-bond acceptors (Lipinski definition) is 10. The van der Waals surface area contributed by atoms with Gasteiger partial charge in [-0.15, -0.1) is 5.11 Å². The fourth-order valence-electron chi connectivity index (χ4n) is 6.49. The zero-order valence-electron chi connectivity index (χ0n) is 22.0. The van der Waals surface area contributed by atoms with Gasteiger partial charge in [-0.3, -0.25) is 4.79 Å². The third-order valence-corrected chi connectivity index (χ3v) is 8.53. The highest BCUT2D eigenvalue weighted by molar-refractivity contribution is 6.00. The first-order chi connectivity index (χ1) is 17.7. The lowest BCUT2D eigenvalue weighted by atomic mass is 9.63. The van der Waals surface area contributed by atoms with E-state index in [-0.39, 0.29) is 18.2 Å². The molecule has 200 valence electrons. The molecule has 0 radical (unpaired) electrons. The van der Waals surface area contributed by atoms with E-state index in [1.807, 2.05) is 27.7 Å². The van der Waals surface area contributed by atoms with Crippen LogP contribution < -0.4 is 19.2 Å². The summed E-state index contributed by atoms with van der Waals surface area (Å²) < 4.78 is 23.5.